The lowest BCUT2D eigenvalue weighted by Gasteiger charge is -2.14. The second kappa shape index (κ2) is 10.6. The van der Waals surface area contributed by atoms with Gasteiger partial charge in [-0.2, -0.15) is 0 Å². The lowest BCUT2D eigenvalue weighted by Crippen LogP contribution is -2.06. The van der Waals surface area contributed by atoms with Crippen molar-refractivity contribution in [2.45, 2.75) is 6.61 Å². The SMILES string of the molecule is COc1cc(/C=C2\N=C(c3ccc(Cl)c([N+](=O)[O-])c3)OC2=O)cc(Br)c1OCc1cccc(Br)c1. The molecule has 0 amide bonds. The number of ether oxygens (including phenoxy) is 3. The summed E-state index contributed by atoms with van der Waals surface area (Å²) < 4.78 is 18.2. The van der Waals surface area contributed by atoms with Crippen LogP contribution < -0.4 is 9.47 Å². The molecule has 0 aliphatic carbocycles. The molecule has 0 spiro atoms. The molecule has 0 fully saturated rings. The van der Waals surface area contributed by atoms with E-state index in [1.807, 2.05) is 24.3 Å². The molecular weight excluding hydrogens is 608 g/mol. The lowest BCUT2D eigenvalue weighted by atomic mass is 10.1. The molecule has 178 valence electrons. The highest BCUT2D eigenvalue weighted by molar-refractivity contribution is 9.10. The number of methoxy groups -OCH3 is 1. The molecule has 3 aromatic rings. The van der Waals surface area contributed by atoms with Crippen LogP contribution in [-0.2, 0) is 16.1 Å². The Bertz CT molecular complexity index is 1410. The summed E-state index contributed by atoms with van der Waals surface area (Å²) in [5.41, 5.74) is 1.54. The second-order valence-corrected chi connectivity index (χ2v) is 9.39. The summed E-state index contributed by atoms with van der Waals surface area (Å²) in [5.74, 6) is 0.204. The standard InChI is InChI=1S/C24H15Br2ClN2O6/c1-33-21-10-14(8-17(26)22(21)34-12-13-3-2-4-16(25)7-13)9-19-24(30)35-23(28-19)15-5-6-18(27)20(11-15)29(31)32/h2-11H,12H2,1H3/b19-9-. The van der Waals surface area contributed by atoms with Crippen LogP contribution in [-0.4, -0.2) is 23.9 Å². The van der Waals surface area contributed by atoms with Gasteiger partial charge in [0.25, 0.3) is 5.69 Å². The predicted molar refractivity (Wildman–Crippen MR) is 138 cm³/mol. The maximum atomic E-state index is 12.4. The largest absolute Gasteiger partial charge is 0.493 e. The van der Waals surface area contributed by atoms with Crippen molar-refractivity contribution in [2.75, 3.05) is 7.11 Å². The zero-order chi connectivity index (χ0) is 25.1. The molecule has 1 aliphatic heterocycles. The van der Waals surface area contributed by atoms with Gasteiger partial charge >= 0.3 is 5.97 Å². The number of esters is 1. The maximum absolute atomic E-state index is 12.4. The average molecular weight is 623 g/mol. The fourth-order valence-corrected chi connectivity index (χ4v) is 4.43. The molecule has 0 radical (unpaired) electrons. The number of carbonyl (C=O) groups excluding carboxylic acids is 1. The van der Waals surface area contributed by atoms with Gasteiger partial charge in [0.1, 0.15) is 11.6 Å². The van der Waals surface area contributed by atoms with Gasteiger partial charge in [-0.3, -0.25) is 10.1 Å². The van der Waals surface area contributed by atoms with Crippen molar-refractivity contribution in [1.82, 2.24) is 0 Å². The molecule has 4 rings (SSSR count). The first-order valence-corrected chi connectivity index (χ1v) is 11.9. The Labute approximate surface area is 221 Å². The zero-order valence-electron chi connectivity index (χ0n) is 18.0. The first kappa shape index (κ1) is 24.9. The number of cyclic esters (lactones) is 1. The summed E-state index contributed by atoms with van der Waals surface area (Å²) in [5, 5.41) is 11.1. The lowest BCUT2D eigenvalue weighted by molar-refractivity contribution is -0.384. The summed E-state index contributed by atoms with van der Waals surface area (Å²) >= 11 is 12.8. The van der Waals surface area contributed by atoms with Gasteiger partial charge in [-0.15, -0.1) is 0 Å². The van der Waals surface area contributed by atoms with Gasteiger partial charge in [-0.05, 0) is 69.5 Å². The van der Waals surface area contributed by atoms with Crippen molar-refractivity contribution in [3.8, 4) is 11.5 Å². The highest BCUT2D eigenvalue weighted by atomic mass is 79.9. The molecular formula is C24H15Br2ClN2O6. The van der Waals surface area contributed by atoms with Crippen LogP contribution in [0.1, 0.15) is 16.7 Å². The summed E-state index contributed by atoms with van der Waals surface area (Å²) in [6, 6.07) is 15.2. The van der Waals surface area contributed by atoms with Crippen LogP contribution in [0.4, 0.5) is 5.69 Å². The average Bonchev–Trinajstić information content (AvgIpc) is 3.18. The van der Waals surface area contributed by atoms with E-state index in [1.54, 1.807) is 12.1 Å². The van der Waals surface area contributed by atoms with E-state index in [9.17, 15) is 14.9 Å². The fraction of sp³-hybridized carbons (Fsp3) is 0.0833. The Hall–Kier alpha value is -3.21. The van der Waals surface area contributed by atoms with Crippen molar-refractivity contribution in [3.63, 3.8) is 0 Å². The molecule has 0 unspecified atom stereocenters. The van der Waals surface area contributed by atoms with Crippen LogP contribution in [0.5, 0.6) is 11.5 Å². The quantitative estimate of drug-likeness (QED) is 0.126. The van der Waals surface area contributed by atoms with E-state index >= 15 is 0 Å². The molecule has 0 saturated carbocycles. The third-order valence-electron chi connectivity index (χ3n) is 4.84. The number of carbonyl (C=O) groups is 1. The Kier molecular flexibility index (Phi) is 7.54. The first-order valence-electron chi connectivity index (χ1n) is 9.97. The Morgan fingerprint density at radius 3 is 2.69 bits per heavy atom. The summed E-state index contributed by atoms with van der Waals surface area (Å²) in [6.07, 6.45) is 1.52. The molecule has 3 aromatic carbocycles. The zero-order valence-corrected chi connectivity index (χ0v) is 21.9. The summed E-state index contributed by atoms with van der Waals surface area (Å²) in [6.45, 7) is 0.321. The number of nitro groups is 1. The monoisotopic (exact) mass is 620 g/mol. The number of benzene rings is 3. The number of nitrogens with zero attached hydrogens (tertiary/aromatic N) is 2. The molecule has 0 saturated heterocycles. The van der Waals surface area contributed by atoms with E-state index in [0.717, 1.165) is 10.0 Å². The maximum Gasteiger partial charge on any atom is 0.363 e. The van der Waals surface area contributed by atoms with Crippen LogP contribution in [0.15, 0.2) is 74.2 Å². The fourth-order valence-electron chi connectivity index (χ4n) is 3.22. The Morgan fingerprint density at radius 1 is 1.17 bits per heavy atom. The van der Waals surface area contributed by atoms with Crippen molar-refractivity contribution in [1.29, 1.82) is 0 Å². The smallest absolute Gasteiger partial charge is 0.363 e. The van der Waals surface area contributed by atoms with Gasteiger partial charge in [0.05, 0.1) is 16.5 Å². The highest BCUT2D eigenvalue weighted by Gasteiger charge is 2.26. The van der Waals surface area contributed by atoms with Crippen LogP contribution in [0.2, 0.25) is 5.02 Å². The van der Waals surface area contributed by atoms with Crippen LogP contribution in [0.25, 0.3) is 6.08 Å². The van der Waals surface area contributed by atoms with E-state index < -0.39 is 10.9 Å². The normalized spacial score (nSPS) is 14.0. The number of halogens is 3. The minimum atomic E-state index is -0.692. The number of nitro benzene ring substituents is 1. The number of rotatable bonds is 7. The predicted octanol–water partition coefficient (Wildman–Crippen LogP) is 6.71. The van der Waals surface area contributed by atoms with Gasteiger partial charge in [-0.1, -0.05) is 39.7 Å². The molecule has 11 heteroatoms. The molecule has 8 nitrogen and oxygen atoms in total. The van der Waals surface area contributed by atoms with Crippen LogP contribution in [0, 0.1) is 10.1 Å². The second-order valence-electron chi connectivity index (χ2n) is 7.21. The molecule has 35 heavy (non-hydrogen) atoms. The third-order valence-corrected chi connectivity index (χ3v) is 6.24. The summed E-state index contributed by atoms with van der Waals surface area (Å²) in [4.78, 5) is 27.1. The Morgan fingerprint density at radius 2 is 1.97 bits per heavy atom. The van der Waals surface area contributed by atoms with Gasteiger partial charge in [0.15, 0.2) is 17.2 Å². The minimum Gasteiger partial charge on any atom is -0.493 e. The van der Waals surface area contributed by atoms with E-state index in [-0.39, 0.29) is 27.9 Å². The number of hydrogen-bond acceptors (Lipinski definition) is 7. The molecule has 0 aromatic heterocycles. The van der Waals surface area contributed by atoms with Gasteiger partial charge in [0, 0.05) is 16.1 Å². The first-order chi connectivity index (χ1) is 16.7. The Balaban J connectivity index is 1.61. The van der Waals surface area contributed by atoms with Crippen molar-refractivity contribution in [3.05, 3.63) is 101 Å². The highest BCUT2D eigenvalue weighted by Crippen LogP contribution is 2.38. The van der Waals surface area contributed by atoms with Crippen LogP contribution >= 0.6 is 43.5 Å². The molecule has 0 bridgehead atoms. The third kappa shape index (κ3) is 5.72. The van der Waals surface area contributed by atoms with E-state index in [1.165, 1.54) is 31.4 Å². The summed E-state index contributed by atoms with van der Waals surface area (Å²) in [7, 11) is 1.51. The number of aliphatic imine (C=N–C) groups is 1. The minimum absolute atomic E-state index is 0.0226. The van der Waals surface area contributed by atoms with Gasteiger partial charge in [-0.25, -0.2) is 9.79 Å². The molecule has 1 aliphatic rings. The molecule has 1 heterocycles. The number of hydrogen-bond donors (Lipinski definition) is 0. The van der Waals surface area contributed by atoms with E-state index in [2.05, 4.69) is 36.9 Å². The topological polar surface area (TPSA) is 100 Å². The van der Waals surface area contributed by atoms with Gasteiger partial charge in [0.2, 0.25) is 5.90 Å². The molecule has 0 N–H and O–H groups in total. The van der Waals surface area contributed by atoms with Crippen molar-refractivity contribution >= 4 is 67.1 Å². The van der Waals surface area contributed by atoms with Crippen molar-refractivity contribution < 1.29 is 23.9 Å². The van der Waals surface area contributed by atoms with Gasteiger partial charge < -0.3 is 14.2 Å². The van der Waals surface area contributed by atoms with Crippen LogP contribution in [0.3, 0.4) is 0 Å². The van der Waals surface area contributed by atoms with E-state index in [0.29, 0.717) is 28.1 Å². The molecule has 0 atom stereocenters. The van der Waals surface area contributed by atoms with E-state index in [4.69, 9.17) is 25.8 Å². The van der Waals surface area contributed by atoms with Crippen molar-refractivity contribution in [2.24, 2.45) is 4.99 Å².